The van der Waals surface area contributed by atoms with E-state index in [1.54, 1.807) is 17.4 Å². The summed E-state index contributed by atoms with van der Waals surface area (Å²) < 4.78 is 1.90. The molecule has 2 atom stereocenters. The Kier molecular flexibility index (Phi) is 3.37. The van der Waals surface area contributed by atoms with Gasteiger partial charge in [0, 0.05) is 42.2 Å². The lowest BCUT2D eigenvalue weighted by molar-refractivity contribution is -0.133. The maximum Gasteiger partial charge on any atom is 0.250 e. The normalized spacial score (nSPS) is 23.2. The zero-order chi connectivity index (χ0) is 15.1. The van der Waals surface area contributed by atoms with Crippen LogP contribution in [0.2, 0.25) is 0 Å². The first kappa shape index (κ1) is 13.8. The third kappa shape index (κ3) is 2.39. The van der Waals surface area contributed by atoms with Crippen molar-refractivity contribution < 1.29 is 4.79 Å². The number of thiophene rings is 1. The van der Waals surface area contributed by atoms with Crippen molar-refractivity contribution in [2.24, 2.45) is 5.92 Å². The molecule has 0 saturated carbocycles. The molecule has 2 aliphatic heterocycles. The van der Waals surface area contributed by atoms with Crippen molar-refractivity contribution in [3.8, 4) is 0 Å². The Labute approximate surface area is 133 Å². The smallest absolute Gasteiger partial charge is 0.250 e. The number of amides is 1. The van der Waals surface area contributed by atoms with Crippen LogP contribution in [-0.4, -0.2) is 28.5 Å². The van der Waals surface area contributed by atoms with Crippen LogP contribution in [0.3, 0.4) is 0 Å². The van der Waals surface area contributed by atoms with Crippen molar-refractivity contribution in [2.45, 2.75) is 25.3 Å². The Hall–Kier alpha value is -1.88. The molecule has 1 fully saturated rings. The molecular weight excluding hydrogens is 296 g/mol. The van der Waals surface area contributed by atoms with Crippen LogP contribution in [0.4, 0.5) is 0 Å². The molecule has 0 aromatic carbocycles. The largest absolute Gasteiger partial charge is 0.341 e. The highest BCUT2D eigenvalue weighted by molar-refractivity contribution is 7.10. The summed E-state index contributed by atoms with van der Waals surface area (Å²) in [6.07, 6.45) is 1.59. The van der Waals surface area contributed by atoms with Crippen LogP contribution >= 0.6 is 11.3 Å². The quantitative estimate of drug-likeness (QED) is 0.852. The monoisotopic (exact) mass is 314 g/mol. The van der Waals surface area contributed by atoms with E-state index in [0.29, 0.717) is 18.3 Å². The first-order chi connectivity index (χ1) is 10.7. The van der Waals surface area contributed by atoms with E-state index in [4.69, 9.17) is 0 Å². The van der Waals surface area contributed by atoms with Gasteiger partial charge in [-0.3, -0.25) is 9.59 Å². The lowest BCUT2D eigenvalue weighted by Gasteiger charge is -2.42. The van der Waals surface area contributed by atoms with Crippen molar-refractivity contribution in [1.82, 2.24) is 9.47 Å². The first-order valence-corrected chi connectivity index (χ1v) is 8.58. The standard InChI is InChI=1S/C17H18N2O2S/c20-16-5-1-4-15-13-7-12(10-19(15)16)9-18(11-13)17(21)8-14-3-2-6-22-14/h1-6,12-13H,7-11H2/t12-,13+/m0/s1. The van der Waals surface area contributed by atoms with Crippen LogP contribution in [0.5, 0.6) is 0 Å². The van der Waals surface area contributed by atoms with Gasteiger partial charge in [-0.1, -0.05) is 12.1 Å². The molecule has 4 nitrogen and oxygen atoms in total. The SMILES string of the molecule is O=C(Cc1cccs1)N1C[C@@H]2C[C@H](C1)c1cccc(=O)n1C2. The van der Waals surface area contributed by atoms with E-state index in [-0.39, 0.29) is 11.5 Å². The number of hydrogen-bond acceptors (Lipinski definition) is 3. The Balaban J connectivity index is 1.56. The van der Waals surface area contributed by atoms with E-state index in [0.717, 1.165) is 36.6 Å². The van der Waals surface area contributed by atoms with E-state index in [2.05, 4.69) is 0 Å². The Morgan fingerprint density at radius 2 is 2.09 bits per heavy atom. The number of carbonyl (C=O) groups is 1. The fourth-order valence-electron chi connectivity index (χ4n) is 3.77. The van der Waals surface area contributed by atoms with Crippen LogP contribution < -0.4 is 5.56 Å². The number of aromatic nitrogens is 1. The maximum atomic E-state index is 12.5. The molecule has 2 aliphatic rings. The van der Waals surface area contributed by atoms with Gasteiger partial charge in [0.05, 0.1) is 6.42 Å². The van der Waals surface area contributed by atoms with Gasteiger partial charge in [-0.05, 0) is 29.9 Å². The van der Waals surface area contributed by atoms with E-state index >= 15 is 0 Å². The predicted molar refractivity (Wildman–Crippen MR) is 86.2 cm³/mol. The van der Waals surface area contributed by atoms with Crippen molar-refractivity contribution in [3.63, 3.8) is 0 Å². The summed E-state index contributed by atoms with van der Waals surface area (Å²) in [6, 6.07) is 9.50. The number of piperidine rings is 1. The minimum absolute atomic E-state index is 0.0885. The molecule has 1 amide bonds. The summed E-state index contributed by atoms with van der Waals surface area (Å²) in [6.45, 7) is 2.26. The van der Waals surface area contributed by atoms with Crippen molar-refractivity contribution >= 4 is 17.2 Å². The molecule has 2 bridgehead atoms. The molecule has 4 rings (SSSR count). The average Bonchev–Trinajstić information content (AvgIpc) is 3.01. The third-order valence-corrected chi connectivity index (χ3v) is 5.61. The van der Waals surface area contributed by atoms with Gasteiger partial charge in [0.15, 0.2) is 0 Å². The molecule has 2 aromatic rings. The van der Waals surface area contributed by atoms with Crippen LogP contribution in [0, 0.1) is 5.92 Å². The molecular formula is C17H18N2O2S. The Bertz CT molecular complexity index is 750. The second kappa shape index (κ2) is 5.39. The summed E-state index contributed by atoms with van der Waals surface area (Å²) in [4.78, 5) is 27.7. The summed E-state index contributed by atoms with van der Waals surface area (Å²) >= 11 is 1.63. The van der Waals surface area contributed by atoms with Gasteiger partial charge in [0.1, 0.15) is 0 Å². The summed E-state index contributed by atoms with van der Waals surface area (Å²) in [5.74, 6) is 0.913. The number of likely N-dealkylation sites (tertiary alicyclic amines) is 1. The van der Waals surface area contributed by atoms with Crippen LogP contribution in [-0.2, 0) is 17.8 Å². The average molecular weight is 314 g/mol. The van der Waals surface area contributed by atoms with E-state index in [1.165, 1.54) is 0 Å². The summed E-state index contributed by atoms with van der Waals surface area (Å²) in [5, 5.41) is 2.01. The molecule has 4 heterocycles. The zero-order valence-corrected chi connectivity index (χ0v) is 13.1. The van der Waals surface area contributed by atoms with Crippen molar-refractivity contribution in [2.75, 3.05) is 13.1 Å². The molecule has 0 aliphatic carbocycles. The molecule has 2 aromatic heterocycles. The highest BCUT2D eigenvalue weighted by Gasteiger charge is 2.36. The van der Waals surface area contributed by atoms with Crippen molar-refractivity contribution in [3.05, 3.63) is 56.6 Å². The molecule has 0 spiro atoms. The number of fused-ring (bicyclic) bond motifs is 4. The van der Waals surface area contributed by atoms with Gasteiger partial charge in [-0.2, -0.15) is 0 Å². The van der Waals surface area contributed by atoms with Crippen LogP contribution in [0.1, 0.15) is 22.9 Å². The van der Waals surface area contributed by atoms with Gasteiger partial charge in [0.25, 0.3) is 5.56 Å². The van der Waals surface area contributed by atoms with Crippen LogP contribution in [0.15, 0.2) is 40.5 Å². The highest BCUT2D eigenvalue weighted by Crippen LogP contribution is 2.35. The molecule has 22 heavy (non-hydrogen) atoms. The summed E-state index contributed by atoms with van der Waals surface area (Å²) in [7, 11) is 0. The maximum absolute atomic E-state index is 12.5. The number of rotatable bonds is 2. The van der Waals surface area contributed by atoms with Gasteiger partial charge < -0.3 is 9.47 Å². The lowest BCUT2D eigenvalue weighted by Crippen LogP contribution is -2.49. The molecule has 5 heteroatoms. The van der Waals surface area contributed by atoms with Gasteiger partial charge >= 0.3 is 0 Å². The van der Waals surface area contributed by atoms with E-state index in [9.17, 15) is 9.59 Å². The second-order valence-corrected chi connectivity index (χ2v) is 7.29. The number of pyridine rings is 1. The number of hydrogen-bond donors (Lipinski definition) is 0. The molecule has 0 N–H and O–H groups in total. The van der Waals surface area contributed by atoms with E-state index < -0.39 is 0 Å². The summed E-state index contributed by atoms with van der Waals surface area (Å²) in [5.41, 5.74) is 1.18. The Morgan fingerprint density at radius 3 is 2.91 bits per heavy atom. The van der Waals surface area contributed by atoms with E-state index in [1.807, 2.05) is 39.1 Å². The minimum atomic E-state index is 0.0885. The van der Waals surface area contributed by atoms with Crippen LogP contribution in [0.25, 0.3) is 0 Å². The predicted octanol–water partition coefficient (Wildman–Crippen LogP) is 2.10. The first-order valence-electron chi connectivity index (χ1n) is 7.70. The number of carbonyl (C=O) groups excluding carboxylic acids is 1. The topological polar surface area (TPSA) is 42.3 Å². The van der Waals surface area contributed by atoms with Gasteiger partial charge in [0.2, 0.25) is 5.91 Å². The van der Waals surface area contributed by atoms with Gasteiger partial charge in [-0.25, -0.2) is 0 Å². The molecule has 114 valence electrons. The van der Waals surface area contributed by atoms with Gasteiger partial charge in [-0.15, -0.1) is 11.3 Å². The zero-order valence-electron chi connectivity index (χ0n) is 12.3. The van der Waals surface area contributed by atoms with Crippen molar-refractivity contribution in [1.29, 1.82) is 0 Å². The highest BCUT2D eigenvalue weighted by atomic mass is 32.1. The fourth-order valence-corrected chi connectivity index (χ4v) is 4.47. The molecule has 1 saturated heterocycles. The molecule has 0 radical (unpaired) electrons. The molecule has 0 unspecified atom stereocenters. The Morgan fingerprint density at radius 1 is 1.18 bits per heavy atom. The number of nitrogens with zero attached hydrogens (tertiary/aromatic N) is 2. The minimum Gasteiger partial charge on any atom is -0.341 e. The lowest BCUT2D eigenvalue weighted by atomic mass is 9.83. The third-order valence-electron chi connectivity index (χ3n) is 4.74. The second-order valence-electron chi connectivity index (χ2n) is 6.25. The fraction of sp³-hybridized carbons (Fsp3) is 0.412.